The number of unbranched alkanes of at least 4 members (excludes halogenated alkanes) is 1. The highest BCUT2D eigenvalue weighted by Crippen LogP contribution is 2.28. The van der Waals surface area contributed by atoms with Gasteiger partial charge in [-0.1, -0.05) is 13.3 Å². The van der Waals surface area contributed by atoms with E-state index in [1.165, 1.54) is 19.3 Å². The molecule has 0 aromatic heterocycles. The van der Waals surface area contributed by atoms with E-state index in [1.807, 2.05) is 6.61 Å². The minimum absolute atomic E-state index is 0.901. The van der Waals surface area contributed by atoms with Gasteiger partial charge < -0.3 is 4.74 Å². The third-order valence-corrected chi connectivity index (χ3v) is 1.55. The molecule has 0 aromatic rings. The van der Waals surface area contributed by atoms with E-state index >= 15 is 0 Å². The molecule has 0 bridgehead atoms. The largest absolute Gasteiger partial charge is 0.375 e. The Morgan fingerprint density at radius 1 is 1.56 bits per heavy atom. The molecule has 1 rings (SSSR count). The first-order valence-electron chi connectivity index (χ1n) is 3.86. The summed E-state index contributed by atoms with van der Waals surface area (Å²) in [4.78, 5) is 0. The van der Waals surface area contributed by atoms with E-state index in [4.69, 9.17) is 4.74 Å². The van der Waals surface area contributed by atoms with Gasteiger partial charge in [0.1, 0.15) is 0 Å². The van der Waals surface area contributed by atoms with Crippen LogP contribution < -0.4 is 0 Å². The summed E-state index contributed by atoms with van der Waals surface area (Å²) >= 11 is 0. The molecular weight excluding hydrogens is 112 g/mol. The van der Waals surface area contributed by atoms with Crippen molar-refractivity contribution in [1.82, 2.24) is 0 Å². The molecule has 0 aromatic carbocycles. The fourth-order valence-corrected chi connectivity index (χ4v) is 0.690. The molecule has 1 nitrogen and oxygen atoms in total. The summed E-state index contributed by atoms with van der Waals surface area (Å²) in [5.41, 5.74) is 0. The van der Waals surface area contributed by atoms with Gasteiger partial charge in [-0.25, -0.2) is 0 Å². The summed E-state index contributed by atoms with van der Waals surface area (Å²) in [6.07, 6.45) is 5.08. The second kappa shape index (κ2) is 3.89. The molecule has 1 aliphatic rings. The van der Waals surface area contributed by atoms with Gasteiger partial charge in [0.05, 0.1) is 6.61 Å². The molecule has 0 aliphatic heterocycles. The smallest absolute Gasteiger partial charge is 0.0836 e. The Balaban J connectivity index is 1.71. The van der Waals surface area contributed by atoms with Crippen LogP contribution in [0.3, 0.4) is 0 Å². The average molecular weight is 127 g/mol. The molecule has 1 radical (unpaired) electrons. The van der Waals surface area contributed by atoms with Crippen LogP contribution in [0.15, 0.2) is 0 Å². The molecule has 1 aliphatic carbocycles. The zero-order valence-electron chi connectivity index (χ0n) is 6.10. The van der Waals surface area contributed by atoms with Gasteiger partial charge >= 0.3 is 0 Å². The predicted octanol–water partition coefficient (Wildman–Crippen LogP) is 2.37. The molecule has 0 N–H and O–H groups in total. The molecular formula is C8H15O. The van der Waals surface area contributed by atoms with Crippen molar-refractivity contribution < 1.29 is 4.74 Å². The summed E-state index contributed by atoms with van der Waals surface area (Å²) in [6.45, 7) is 5.08. The zero-order chi connectivity index (χ0) is 6.53. The van der Waals surface area contributed by atoms with E-state index in [0.717, 1.165) is 18.9 Å². The Morgan fingerprint density at radius 3 is 2.89 bits per heavy atom. The Morgan fingerprint density at radius 2 is 2.33 bits per heavy atom. The van der Waals surface area contributed by atoms with Crippen LogP contribution >= 0.6 is 0 Å². The fraction of sp³-hybridized carbons (Fsp3) is 0.875. The quantitative estimate of drug-likeness (QED) is 0.515. The molecule has 1 fully saturated rings. The van der Waals surface area contributed by atoms with Crippen LogP contribution in [0.1, 0.15) is 32.6 Å². The predicted molar refractivity (Wildman–Crippen MR) is 37.9 cm³/mol. The van der Waals surface area contributed by atoms with Crippen molar-refractivity contribution in [2.45, 2.75) is 32.6 Å². The van der Waals surface area contributed by atoms with E-state index < -0.39 is 0 Å². The molecule has 53 valence electrons. The first-order chi connectivity index (χ1) is 4.43. The zero-order valence-corrected chi connectivity index (χ0v) is 6.10. The summed E-state index contributed by atoms with van der Waals surface area (Å²) in [5.74, 6) is 0.901. The summed E-state index contributed by atoms with van der Waals surface area (Å²) < 4.78 is 5.27. The van der Waals surface area contributed by atoms with Crippen molar-refractivity contribution in [2.24, 2.45) is 5.92 Å². The fourth-order valence-electron chi connectivity index (χ4n) is 0.690. The number of rotatable bonds is 5. The van der Waals surface area contributed by atoms with Crippen LogP contribution in [0.2, 0.25) is 0 Å². The maximum absolute atomic E-state index is 5.27. The molecule has 1 saturated carbocycles. The normalized spacial score (nSPS) is 18.3. The topological polar surface area (TPSA) is 9.23 Å². The van der Waals surface area contributed by atoms with Crippen molar-refractivity contribution in [1.29, 1.82) is 0 Å². The van der Waals surface area contributed by atoms with Gasteiger partial charge in [0.15, 0.2) is 0 Å². The molecule has 0 atom stereocenters. The molecule has 1 heteroatoms. The summed E-state index contributed by atoms with van der Waals surface area (Å²) in [7, 11) is 0. The molecule has 0 saturated heterocycles. The maximum atomic E-state index is 5.27. The van der Waals surface area contributed by atoms with Crippen LogP contribution in [0.25, 0.3) is 0 Å². The van der Waals surface area contributed by atoms with Crippen molar-refractivity contribution in [3.8, 4) is 0 Å². The highest BCUT2D eigenvalue weighted by molar-refractivity contribution is 4.72. The maximum Gasteiger partial charge on any atom is 0.0836 e. The van der Waals surface area contributed by atoms with Gasteiger partial charge in [-0.3, -0.25) is 0 Å². The Bertz CT molecular complexity index is 67.0. The molecule has 0 heterocycles. The second-order valence-corrected chi connectivity index (χ2v) is 2.73. The van der Waals surface area contributed by atoms with Crippen LogP contribution in [0.5, 0.6) is 0 Å². The van der Waals surface area contributed by atoms with E-state index in [9.17, 15) is 0 Å². The van der Waals surface area contributed by atoms with Crippen molar-refractivity contribution >= 4 is 0 Å². The lowest BCUT2D eigenvalue weighted by molar-refractivity contribution is 0.179. The average Bonchev–Trinajstić information content (AvgIpc) is 2.63. The lowest BCUT2D eigenvalue weighted by Crippen LogP contribution is -1.92. The molecule has 0 unspecified atom stereocenters. The van der Waals surface area contributed by atoms with Gasteiger partial charge in [0, 0.05) is 6.61 Å². The van der Waals surface area contributed by atoms with Crippen LogP contribution in [-0.4, -0.2) is 6.61 Å². The SMILES string of the molecule is CCC[CH]OCC1CC1. The van der Waals surface area contributed by atoms with E-state index in [0.29, 0.717) is 0 Å². The standard InChI is InChI=1S/C8H15O/c1-2-3-6-9-7-8-4-5-8/h6,8H,2-5,7H2,1H3. The monoisotopic (exact) mass is 127 g/mol. The number of ether oxygens (including phenoxy) is 1. The van der Waals surface area contributed by atoms with Gasteiger partial charge in [-0.15, -0.1) is 0 Å². The Labute approximate surface area is 57.4 Å². The first kappa shape index (κ1) is 7.07. The minimum Gasteiger partial charge on any atom is -0.375 e. The second-order valence-electron chi connectivity index (χ2n) is 2.73. The molecule has 0 amide bonds. The Hall–Kier alpha value is -0.0400. The van der Waals surface area contributed by atoms with Crippen molar-refractivity contribution in [2.75, 3.05) is 6.61 Å². The van der Waals surface area contributed by atoms with Crippen LogP contribution in [0.4, 0.5) is 0 Å². The van der Waals surface area contributed by atoms with Crippen LogP contribution in [-0.2, 0) is 4.74 Å². The van der Waals surface area contributed by atoms with E-state index in [2.05, 4.69) is 6.92 Å². The highest BCUT2D eigenvalue weighted by atomic mass is 16.5. The van der Waals surface area contributed by atoms with Crippen LogP contribution in [0, 0.1) is 12.5 Å². The Kier molecular flexibility index (Phi) is 3.05. The molecule has 0 spiro atoms. The lowest BCUT2D eigenvalue weighted by atomic mass is 10.4. The van der Waals surface area contributed by atoms with E-state index in [-0.39, 0.29) is 0 Å². The minimum atomic E-state index is 0.901. The number of hydrogen-bond donors (Lipinski definition) is 0. The van der Waals surface area contributed by atoms with E-state index in [1.54, 1.807) is 0 Å². The van der Waals surface area contributed by atoms with Gasteiger partial charge in [0.25, 0.3) is 0 Å². The summed E-state index contributed by atoms with van der Waals surface area (Å²) in [5, 5.41) is 0. The highest BCUT2D eigenvalue weighted by Gasteiger charge is 2.20. The lowest BCUT2D eigenvalue weighted by Gasteiger charge is -1.98. The van der Waals surface area contributed by atoms with Gasteiger partial charge in [-0.2, -0.15) is 0 Å². The third kappa shape index (κ3) is 3.52. The molecule has 9 heavy (non-hydrogen) atoms. The van der Waals surface area contributed by atoms with Gasteiger partial charge in [0.2, 0.25) is 0 Å². The summed E-state index contributed by atoms with van der Waals surface area (Å²) in [6, 6.07) is 0. The van der Waals surface area contributed by atoms with Crippen molar-refractivity contribution in [3.63, 3.8) is 0 Å². The first-order valence-corrected chi connectivity index (χ1v) is 3.86. The third-order valence-electron chi connectivity index (χ3n) is 1.55. The number of hydrogen-bond acceptors (Lipinski definition) is 1. The van der Waals surface area contributed by atoms with Gasteiger partial charge in [-0.05, 0) is 25.2 Å². The van der Waals surface area contributed by atoms with Crippen molar-refractivity contribution in [3.05, 3.63) is 6.61 Å².